The van der Waals surface area contributed by atoms with Crippen molar-refractivity contribution in [3.8, 4) is 0 Å². The molecule has 0 radical (unpaired) electrons. The molecule has 5 nitrogen and oxygen atoms in total. The van der Waals surface area contributed by atoms with Gasteiger partial charge in [-0.25, -0.2) is 18.1 Å². The highest BCUT2D eigenvalue weighted by Crippen LogP contribution is 2.51. The Morgan fingerprint density at radius 3 is 2.61 bits per heavy atom. The second-order valence-corrected chi connectivity index (χ2v) is 7.12. The maximum Gasteiger partial charge on any atom is 0.257 e. The number of hydrogen-bond acceptors (Lipinski definition) is 3. The van der Waals surface area contributed by atoms with Gasteiger partial charge in [0.05, 0.1) is 6.20 Å². The van der Waals surface area contributed by atoms with Crippen LogP contribution in [0, 0.1) is 11.3 Å². The molecule has 1 aliphatic carbocycles. The van der Waals surface area contributed by atoms with Crippen LogP contribution in [0.25, 0.3) is 0 Å². The highest BCUT2D eigenvalue weighted by Gasteiger charge is 2.45. The van der Waals surface area contributed by atoms with Gasteiger partial charge in [0.2, 0.25) is 0 Å². The molecule has 0 spiro atoms. The van der Waals surface area contributed by atoms with Crippen LogP contribution in [0.2, 0.25) is 0 Å². The van der Waals surface area contributed by atoms with Gasteiger partial charge in [-0.2, -0.15) is 0 Å². The number of aryl methyl sites for hydroxylation is 1. The standard InChI is InChI=1S/C12H21N3O2S/c1-4-10-13-7-11(15-10)18(16,17)14-8-12(5-6-12)9(2)3/h7,9,14H,4-6,8H2,1-3H3,(H,13,15). The summed E-state index contributed by atoms with van der Waals surface area (Å²) in [6.07, 6.45) is 4.30. The minimum atomic E-state index is -3.44. The number of rotatable bonds is 6. The maximum atomic E-state index is 12.1. The molecule has 1 aliphatic rings. The van der Waals surface area contributed by atoms with Crippen molar-refractivity contribution in [3.63, 3.8) is 0 Å². The van der Waals surface area contributed by atoms with Crippen LogP contribution in [0.3, 0.4) is 0 Å². The smallest absolute Gasteiger partial charge is 0.257 e. The van der Waals surface area contributed by atoms with Gasteiger partial charge in [0.25, 0.3) is 10.0 Å². The van der Waals surface area contributed by atoms with Crippen LogP contribution < -0.4 is 4.72 Å². The maximum absolute atomic E-state index is 12.1. The summed E-state index contributed by atoms with van der Waals surface area (Å²) < 4.78 is 26.9. The van der Waals surface area contributed by atoms with E-state index in [-0.39, 0.29) is 10.4 Å². The largest absolute Gasteiger partial charge is 0.332 e. The molecule has 102 valence electrons. The van der Waals surface area contributed by atoms with Gasteiger partial charge in [-0.05, 0) is 24.2 Å². The highest BCUT2D eigenvalue weighted by molar-refractivity contribution is 7.89. The Kier molecular flexibility index (Phi) is 3.51. The lowest BCUT2D eigenvalue weighted by Crippen LogP contribution is -2.32. The topological polar surface area (TPSA) is 74.8 Å². The number of sulfonamides is 1. The second kappa shape index (κ2) is 4.66. The number of aromatic nitrogens is 2. The van der Waals surface area contributed by atoms with Gasteiger partial charge in [-0.3, -0.25) is 0 Å². The predicted molar refractivity (Wildman–Crippen MR) is 69.7 cm³/mol. The van der Waals surface area contributed by atoms with E-state index in [2.05, 4.69) is 28.5 Å². The molecule has 2 rings (SSSR count). The fraction of sp³-hybridized carbons (Fsp3) is 0.750. The molecule has 6 heteroatoms. The molecular weight excluding hydrogens is 250 g/mol. The van der Waals surface area contributed by atoms with E-state index in [1.165, 1.54) is 6.20 Å². The van der Waals surface area contributed by atoms with Gasteiger partial charge in [0.1, 0.15) is 5.82 Å². The van der Waals surface area contributed by atoms with E-state index in [0.717, 1.165) is 12.8 Å². The number of nitrogens with one attached hydrogen (secondary N) is 2. The Morgan fingerprint density at radius 2 is 2.17 bits per heavy atom. The van der Waals surface area contributed by atoms with E-state index < -0.39 is 10.0 Å². The molecule has 0 amide bonds. The van der Waals surface area contributed by atoms with Crippen molar-refractivity contribution in [2.24, 2.45) is 11.3 Å². The van der Waals surface area contributed by atoms with E-state index in [9.17, 15) is 8.42 Å². The van der Waals surface area contributed by atoms with Gasteiger partial charge in [-0.1, -0.05) is 20.8 Å². The summed E-state index contributed by atoms with van der Waals surface area (Å²) in [5, 5.41) is 0.166. The number of aromatic amines is 1. The first-order chi connectivity index (χ1) is 8.39. The normalized spacial score (nSPS) is 18.2. The predicted octanol–water partition coefficient (Wildman–Crippen LogP) is 1.69. The lowest BCUT2D eigenvalue weighted by atomic mass is 9.93. The van der Waals surface area contributed by atoms with Crippen molar-refractivity contribution < 1.29 is 8.42 Å². The quantitative estimate of drug-likeness (QED) is 0.826. The molecule has 0 unspecified atom stereocenters. The Morgan fingerprint density at radius 1 is 1.50 bits per heavy atom. The molecule has 1 aromatic heterocycles. The van der Waals surface area contributed by atoms with Gasteiger partial charge in [0, 0.05) is 13.0 Å². The molecule has 1 aromatic rings. The molecule has 0 bridgehead atoms. The Balaban J connectivity index is 2.04. The molecule has 2 N–H and O–H groups in total. The van der Waals surface area contributed by atoms with Crippen molar-refractivity contribution in [3.05, 3.63) is 12.0 Å². The summed E-state index contributed by atoms with van der Waals surface area (Å²) in [4.78, 5) is 6.85. The van der Waals surface area contributed by atoms with E-state index in [4.69, 9.17) is 0 Å². The van der Waals surface area contributed by atoms with Crippen molar-refractivity contribution >= 4 is 10.0 Å². The number of hydrogen-bond donors (Lipinski definition) is 2. The summed E-state index contributed by atoms with van der Waals surface area (Å²) in [7, 11) is -3.44. The van der Waals surface area contributed by atoms with Crippen molar-refractivity contribution in [2.45, 2.75) is 45.1 Å². The van der Waals surface area contributed by atoms with Gasteiger partial charge in [0.15, 0.2) is 5.03 Å². The van der Waals surface area contributed by atoms with Crippen LogP contribution in [0.4, 0.5) is 0 Å². The first-order valence-electron chi connectivity index (χ1n) is 6.43. The Hall–Kier alpha value is -0.880. The molecule has 0 aromatic carbocycles. The molecule has 0 atom stereocenters. The molecule has 0 saturated heterocycles. The fourth-order valence-electron chi connectivity index (χ4n) is 2.09. The average molecular weight is 271 g/mol. The minimum Gasteiger partial charge on any atom is -0.332 e. The molecule has 0 aliphatic heterocycles. The van der Waals surface area contributed by atoms with Crippen molar-refractivity contribution in [1.82, 2.24) is 14.7 Å². The van der Waals surface area contributed by atoms with Gasteiger partial charge >= 0.3 is 0 Å². The van der Waals surface area contributed by atoms with Crippen LogP contribution in [0.15, 0.2) is 11.2 Å². The summed E-state index contributed by atoms with van der Waals surface area (Å²) >= 11 is 0. The Labute approximate surface area is 108 Å². The third-order valence-electron chi connectivity index (χ3n) is 3.96. The lowest BCUT2D eigenvalue weighted by Gasteiger charge is -2.19. The fourth-order valence-corrected chi connectivity index (χ4v) is 3.17. The van der Waals surface area contributed by atoms with Crippen LogP contribution in [-0.4, -0.2) is 24.9 Å². The number of H-pyrrole nitrogens is 1. The monoisotopic (exact) mass is 271 g/mol. The van der Waals surface area contributed by atoms with E-state index >= 15 is 0 Å². The molecule has 1 saturated carbocycles. The number of imidazole rings is 1. The zero-order valence-corrected chi connectivity index (χ0v) is 12.0. The second-order valence-electron chi connectivity index (χ2n) is 5.39. The lowest BCUT2D eigenvalue weighted by molar-refractivity contribution is 0.357. The van der Waals surface area contributed by atoms with Crippen LogP contribution >= 0.6 is 0 Å². The summed E-state index contributed by atoms with van der Waals surface area (Å²) in [5.41, 5.74) is 0.167. The third-order valence-corrected chi connectivity index (χ3v) is 5.27. The first-order valence-corrected chi connectivity index (χ1v) is 7.91. The molecule has 1 fully saturated rings. The third kappa shape index (κ3) is 2.59. The summed E-state index contributed by atoms with van der Waals surface area (Å²) in [6.45, 7) is 6.74. The molecule has 18 heavy (non-hydrogen) atoms. The summed E-state index contributed by atoms with van der Waals surface area (Å²) in [5.74, 6) is 1.20. The Bertz CT molecular complexity index is 515. The zero-order chi connectivity index (χ0) is 13.4. The zero-order valence-electron chi connectivity index (χ0n) is 11.2. The summed E-state index contributed by atoms with van der Waals surface area (Å²) in [6, 6.07) is 0. The van der Waals surface area contributed by atoms with Gasteiger partial charge < -0.3 is 4.98 Å². The molecular formula is C12H21N3O2S. The number of nitrogens with zero attached hydrogens (tertiary/aromatic N) is 1. The minimum absolute atomic E-state index is 0.166. The SMILES string of the molecule is CCc1ncc(S(=O)(=O)NCC2(C(C)C)CC2)[nH]1. The highest BCUT2D eigenvalue weighted by atomic mass is 32.2. The van der Waals surface area contributed by atoms with Crippen molar-refractivity contribution in [1.29, 1.82) is 0 Å². The van der Waals surface area contributed by atoms with E-state index in [0.29, 0.717) is 24.7 Å². The molecule has 1 heterocycles. The van der Waals surface area contributed by atoms with E-state index in [1.807, 2.05) is 6.92 Å². The van der Waals surface area contributed by atoms with Crippen LogP contribution in [-0.2, 0) is 16.4 Å². The van der Waals surface area contributed by atoms with Gasteiger partial charge in [-0.15, -0.1) is 0 Å². The first kappa shape index (κ1) is 13.5. The van der Waals surface area contributed by atoms with Crippen LogP contribution in [0.5, 0.6) is 0 Å². The average Bonchev–Trinajstić information content (AvgIpc) is 2.96. The van der Waals surface area contributed by atoms with Crippen molar-refractivity contribution in [2.75, 3.05) is 6.54 Å². The van der Waals surface area contributed by atoms with E-state index in [1.54, 1.807) is 0 Å². The van der Waals surface area contributed by atoms with Crippen LogP contribution in [0.1, 0.15) is 39.4 Å².